The molecule has 1 aliphatic carbocycles. The molecule has 0 bridgehead atoms. The van der Waals surface area contributed by atoms with Gasteiger partial charge in [-0.15, -0.1) is 0 Å². The fraction of sp³-hybridized carbons (Fsp3) is 0.476. The van der Waals surface area contributed by atoms with Gasteiger partial charge in [0.25, 0.3) is 0 Å². The lowest BCUT2D eigenvalue weighted by Gasteiger charge is -2.13. The average molecular weight is 449 g/mol. The van der Waals surface area contributed by atoms with Crippen molar-refractivity contribution in [2.75, 3.05) is 25.5 Å². The molecule has 0 radical (unpaired) electrons. The van der Waals surface area contributed by atoms with Crippen LogP contribution in [0.1, 0.15) is 37.2 Å². The summed E-state index contributed by atoms with van der Waals surface area (Å²) >= 11 is 13.1. The van der Waals surface area contributed by atoms with Crippen molar-refractivity contribution in [3.05, 3.63) is 33.7 Å². The maximum absolute atomic E-state index is 6.55. The third kappa shape index (κ3) is 4.19. The molecule has 1 saturated carbocycles. The minimum Gasteiger partial charge on any atom is -0.497 e. The largest absolute Gasteiger partial charge is 0.497 e. The van der Waals surface area contributed by atoms with Gasteiger partial charge in [0.2, 0.25) is 5.95 Å². The lowest BCUT2D eigenvalue weighted by atomic mass is 10.1. The lowest BCUT2D eigenvalue weighted by molar-refractivity contribution is 0.415. The zero-order valence-corrected chi connectivity index (χ0v) is 18.9. The first-order valence-electron chi connectivity index (χ1n) is 10.2. The Morgan fingerprint density at radius 2 is 1.77 bits per heavy atom. The van der Waals surface area contributed by atoms with Crippen LogP contribution in [0.5, 0.6) is 5.75 Å². The van der Waals surface area contributed by atoms with Gasteiger partial charge in [0.1, 0.15) is 11.6 Å². The van der Waals surface area contributed by atoms with Gasteiger partial charge >= 0.3 is 0 Å². The van der Waals surface area contributed by atoms with E-state index in [9.17, 15) is 0 Å². The van der Waals surface area contributed by atoms with E-state index in [4.69, 9.17) is 27.9 Å². The number of anilines is 1. The number of nitrogens with zero attached hydrogens (tertiary/aromatic N) is 4. The molecule has 2 aromatic heterocycles. The molecule has 0 unspecified atom stereocenters. The molecule has 4 rings (SSSR count). The van der Waals surface area contributed by atoms with Crippen LogP contribution < -0.4 is 15.4 Å². The van der Waals surface area contributed by atoms with Gasteiger partial charge in [-0.2, -0.15) is 14.6 Å². The number of methoxy groups -OCH3 is 1. The number of aryl methyl sites for hydroxylation is 2. The first-order valence-corrected chi connectivity index (χ1v) is 11.0. The number of ether oxygens (including phenoxy) is 1. The molecule has 3 aromatic rings. The molecule has 1 fully saturated rings. The van der Waals surface area contributed by atoms with Crippen LogP contribution in [0.3, 0.4) is 0 Å². The molecule has 30 heavy (non-hydrogen) atoms. The quantitative estimate of drug-likeness (QED) is 0.511. The fourth-order valence-corrected chi connectivity index (χ4v) is 4.70. The Morgan fingerprint density at radius 1 is 1.07 bits per heavy atom. The van der Waals surface area contributed by atoms with Crippen LogP contribution in [-0.4, -0.2) is 45.8 Å². The Morgan fingerprint density at radius 3 is 2.43 bits per heavy atom. The number of benzene rings is 1. The number of fused-ring (bicyclic) bond motifs is 1. The molecule has 2 heterocycles. The van der Waals surface area contributed by atoms with E-state index in [-0.39, 0.29) is 0 Å². The maximum atomic E-state index is 6.55. The van der Waals surface area contributed by atoms with Crippen molar-refractivity contribution < 1.29 is 4.74 Å². The molecule has 9 heteroatoms. The Balaban J connectivity index is 1.65. The normalized spacial score (nSPS) is 14.6. The van der Waals surface area contributed by atoms with Crippen molar-refractivity contribution in [3.63, 3.8) is 0 Å². The summed E-state index contributed by atoms with van der Waals surface area (Å²) in [6.45, 7) is 5.41. The third-order valence-electron chi connectivity index (χ3n) is 5.47. The van der Waals surface area contributed by atoms with E-state index >= 15 is 0 Å². The second-order valence-corrected chi connectivity index (χ2v) is 8.43. The van der Waals surface area contributed by atoms with Gasteiger partial charge in [0.05, 0.1) is 28.4 Å². The van der Waals surface area contributed by atoms with Crippen molar-refractivity contribution >= 4 is 34.8 Å². The second kappa shape index (κ2) is 8.96. The van der Waals surface area contributed by atoms with E-state index in [1.165, 1.54) is 25.7 Å². The molecule has 7 nitrogen and oxygen atoms in total. The molecule has 160 valence electrons. The van der Waals surface area contributed by atoms with Crippen LogP contribution in [0.2, 0.25) is 10.0 Å². The van der Waals surface area contributed by atoms with Crippen molar-refractivity contribution in [1.82, 2.24) is 24.9 Å². The van der Waals surface area contributed by atoms with Gasteiger partial charge in [-0.1, -0.05) is 36.0 Å². The third-order valence-corrected chi connectivity index (χ3v) is 6.07. The molecule has 2 N–H and O–H groups in total. The summed E-state index contributed by atoms with van der Waals surface area (Å²) in [7, 11) is 1.58. The summed E-state index contributed by atoms with van der Waals surface area (Å²) in [6, 6.07) is 4.12. The Hall–Kier alpha value is -2.09. The number of halogens is 2. The summed E-state index contributed by atoms with van der Waals surface area (Å²) in [6.07, 6.45) is 5.18. The fourth-order valence-electron chi connectivity index (χ4n) is 4.04. The van der Waals surface area contributed by atoms with Gasteiger partial charge in [-0.05, 0) is 38.8 Å². The highest BCUT2D eigenvalue weighted by atomic mass is 35.5. The standard InChI is InChI=1S/C21H26Cl2N6O/c1-12-18(19-16(22)10-15(30-3)11-17(19)23)20-26-13(2)27-21(29(20)28-12)25-9-8-24-14-6-4-5-7-14/h10-11,14,24H,4-9H2,1-3H3,(H,25,26,27). The molecule has 0 atom stereocenters. The highest BCUT2D eigenvalue weighted by Gasteiger charge is 2.22. The van der Waals surface area contributed by atoms with E-state index in [1.807, 2.05) is 13.8 Å². The zero-order valence-electron chi connectivity index (χ0n) is 17.4. The maximum Gasteiger partial charge on any atom is 0.227 e. The van der Waals surface area contributed by atoms with Crippen molar-refractivity contribution in [3.8, 4) is 16.9 Å². The van der Waals surface area contributed by atoms with Crippen molar-refractivity contribution in [2.24, 2.45) is 0 Å². The average Bonchev–Trinajstić information content (AvgIpc) is 3.33. The predicted octanol–water partition coefficient (Wildman–Crippen LogP) is 4.67. The Bertz CT molecular complexity index is 1040. The van der Waals surface area contributed by atoms with Gasteiger partial charge in [0, 0.05) is 24.7 Å². The summed E-state index contributed by atoms with van der Waals surface area (Å²) < 4.78 is 6.99. The van der Waals surface area contributed by atoms with Crippen LogP contribution in [0.15, 0.2) is 12.1 Å². The summed E-state index contributed by atoms with van der Waals surface area (Å²) in [4.78, 5) is 9.19. The van der Waals surface area contributed by atoms with E-state index in [0.29, 0.717) is 44.8 Å². The minimum atomic E-state index is 0.490. The molecule has 0 amide bonds. The van der Waals surface area contributed by atoms with Crippen LogP contribution in [0.4, 0.5) is 5.95 Å². The summed E-state index contributed by atoms with van der Waals surface area (Å²) in [5.74, 6) is 1.90. The van der Waals surface area contributed by atoms with Gasteiger partial charge in [-0.3, -0.25) is 0 Å². The molecule has 0 saturated heterocycles. The number of hydrogen-bond donors (Lipinski definition) is 2. The van der Waals surface area contributed by atoms with Gasteiger partial charge < -0.3 is 15.4 Å². The Labute approximate surface area is 186 Å². The van der Waals surface area contributed by atoms with Crippen LogP contribution in [-0.2, 0) is 0 Å². The second-order valence-electron chi connectivity index (χ2n) is 7.62. The van der Waals surface area contributed by atoms with Crippen molar-refractivity contribution in [2.45, 2.75) is 45.6 Å². The van der Waals surface area contributed by atoms with E-state index < -0.39 is 0 Å². The van der Waals surface area contributed by atoms with Crippen LogP contribution in [0.25, 0.3) is 16.8 Å². The van der Waals surface area contributed by atoms with Crippen LogP contribution >= 0.6 is 23.2 Å². The smallest absolute Gasteiger partial charge is 0.227 e. The first-order chi connectivity index (χ1) is 14.5. The van der Waals surface area contributed by atoms with Gasteiger partial charge in [-0.25, -0.2) is 4.98 Å². The minimum absolute atomic E-state index is 0.490. The van der Waals surface area contributed by atoms with E-state index in [0.717, 1.165) is 24.3 Å². The number of aromatic nitrogens is 4. The number of hydrogen-bond acceptors (Lipinski definition) is 6. The van der Waals surface area contributed by atoms with E-state index in [2.05, 4.69) is 25.7 Å². The predicted molar refractivity (Wildman–Crippen MR) is 121 cm³/mol. The zero-order chi connectivity index (χ0) is 21.3. The molecule has 1 aliphatic rings. The molecule has 0 aliphatic heterocycles. The van der Waals surface area contributed by atoms with Crippen molar-refractivity contribution in [1.29, 1.82) is 0 Å². The van der Waals surface area contributed by atoms with E-state index in [1.54, 1.807) is 23.8 Å². The summed E-state index contributed by atoms with van der Waals surface area (Å²) in [5.41, 5.74) is 2.93. The number of rotatable bonds is 7. The molecule has 0 spiro atoms. The highest BCUT2D eigenvalue weighted by Crippen LogP contribution is 2.41. The Kier molecular flexibility index (Phi) is 6.32. The first kappa shape index (κ1) is 21.2. The topological polar surface area (TPSA) is 76.4 Å². The molecular formula is C21H26Cl2N6O. The molecular weight excluding hydrogens is 423 g/mol. The number of nitrogens with one attached hydrogen (secondary N) is 2. The SMILES string of the molecule is COc1cc(Cl)c(-c2c(C)nn3c(NCCNC4CCCC4)nc(C)nc23)c(Cl)c1. The molecule has 1 aromatic carbocycles. The van der Waals surface area contributed by atoms with Gasteiger partial charge in [0.15, 0.2) is 5.65 Å². The monoisotopic (exact) mass is 448 g/mol. The van der Waals surface area contributed by atoms with Crippen LogP contribution in [0, 0.1) is 13.8 Å². The lowest BCUT2D eigenvalue weighted by Crippen LogP contribution is -2.31. The summed E-state index contributed by atoms with van der Waals surface area (Å²) in [5, 5.41) is 12.6. The highest BCUT2D eigenvalue weighted by molar-refractivity contribution is 6.39.